The Labute approximate surface area is 189 Å². The lowest BCUT2D eigenvalue weighted by molar-refractivity contribution is -0.138. The number of hydrogen-bond donors (Lipinski definition) is 1. The topological polar surface area (TPSA) is 49.4 Å². The van der Waals surface area contributed by atoms with E-state index in [0.717, 1.165) is 35.3 Å². The predicted molar refractivity (Wildman–Crippen MR) is 127 cm³/mol. The summed E-state index contributed by atoms with van der Waals surface area (Å²) in [4.78, 5) is 27.4. The first-order valence-electron chi connectivity index (χ1n) is 10.4. The highest BCUT2D eigenvalue weighted by Crippen LogP contribution is 2.18. The normalized spacial score (nSPS) is 11.7. The molecule has 0 saturated carbocycles. The summed E-state index contributed by atoms with van der Waals surface area (Å²) < 4.78 is 0. The molecule has 0 aliphatic carbocycles. The average Bonchev–Trinajstić information content (AvgIpc) is 2.74. The second-order valence-electron chi connectivity index (χ2n) is 7.39. The lowest BCUT2D eigenvalue weighted by atomic mass is 10.1. The molecule has 0 bridgehead atoms. The van der Waals surface area contributed by atoms with Gasteiger partial charge in [0.05, 0.1) is 5.75 Å². The van der Waals surface area contributed by atoms with Crippen LogP contribution >= 0.6 is 23.4 Å². The minimum Gasteiger partial charge on any atom is -0.354 e. The summed E-state index contributed by atoms with van der Waals surface area (Å²) in [6, 6.07) is 15.1. The van der Waals surface area contributed by atoms with Gasteiger partial charge in [-0.25, -0.2) is 0 Å². The molecule has 0 fully saturated rings. The van der Waals surface area contributed by atoms with Crippen molar-refractivity contribution < 1.29 is 9.59 Å². The van der Waals surface area contributed by atoms with Crippen molar-refractivity contribution in [2.45, 2.75) is 52.0 Å². The molecule has 0 aliphatic rings. The smallest absolute Gasteiger partial charge is 0.242 e. The molecule has 0 saturated heterocycles. The number of rotatable bonds is 11. The molecule has 0 aliphatic heterocycles. The summed E-state index contributed by atoms with van der Waals surface area (Å²) in [5.74, 6) is 0.905. The average molecular weight is 447 g/mol. The third kappa shape index (κ3) is 7.69. The molecule has 1 atom stereocenters. The van der Waals surface area contributed by atoms with Gasteiger partial charge in [0.15, 0.2) is 0 Å². The van der Waals surface area contributed by atoms with Gasteiger partial charge in [0, 0.05) is 23.9 Å². The van der Waals surface area contributed by atoms with E-state index in [1.54, 1.807) is 23.6 Å². The number of amides is 2. The minimum atomic E-state index is -0.523. The number of nitrogens with one attached hydrogen (secondary N) is 1. The number of hydrogen-bond acceptors (Lipinski definition) is 3. The minimum absolute atomic E-state index is 0.0321. The molecule has 0 radical (unpaired) electrons. The van der Waals surface area contributed by atoms with Gasteiger partial charge in [-0.3, -0.25) is 9.59 Å². The van der Waals surface area contributed by atoms with Gasteiger partial charge in [-0.05, 0) is 49.1 Å². The maximum absolute atomic E-state index is 13.1. The van der Waals surface area contributed by atoms with Crippen molar-refractivity contribution in [1.82, 2.24) is 10.2 Å². The van der Waals surface area contributed by atoms with Gasteiger partial charge in [-0.15, -0.1) is 11.8 Å². The highest BCUT2D eigenvalue weighted by molar-refractivity contribution is 7.99. The number of unbranched alkanes of at least 4 members (excludes halogenated alkanes) is 1. The van der Waals surface area contributed by atoms with Crippen LogP contribution in [0.15, 0.2) is 48.5 Å². The van der Waals surface area contributed by atoms with Crippen LogP contribution in [0.25, 0.3) is 0 Å². The van der Waals surface area contributed by atoms with E-state index < -0.39 is 6.04 Å². The molecule has 2 rings (SSSR count). The molecule has 0 heterocycles. The number of benzene rings is 2. The van der Waals surface area contributed by atoms with Crippen molar-refractivity contribution in [2.75, 3.05) is 12.3 Å². The third-order valence-corrected chi connectivity index (χ3v) is 6.25. The zero-order valence-corrected chi connectivity index (χ0v) is 19.6. The van der Waals surface area contributed by atoms with Gasteiger partial charge in [0.1, 0.15) is 6.04 Å². The summed E-state index contributed by atoms with van der Waals surface area (Å²) in [7, 11) is 0. The number of carbonyl (C=O) groups excluding carboxylic acids is 2. The number of carbonyl (C=O) groups is 2. The first-order valence-corrected chi connectivity index (χ1v) is 11.9. The quantitative estimate of drug-likeness (QED) is 0.481. The fourth-order valence-electron chi connectivity index (χ4n) is 3.01. The Morgan fingerprint density at radius 1 is 1.13 bits per heavy atom. The van der Waals surface area contributed by atoms with E-state index in [2.05, 4.69) is 12.2 Å². The first-order chi connectivity index (χ1) is 14.4. The molecule has 30 heavy (non-hydrogen) atoms. The summed E-state index contributed by atoms with van der Waals surface area (Å²) >= 11 is 7.48. The molecule has 2 aromatic rings. The standard InChI is InChI=1S/C24H31ClN2O2S/c1-4-5-14-26-24(29)19(3)27(15-21-9-7-6-8-18(21)2)23(28)17-30-16-20-10-12-22(25)13-11-20/h6-13,19H,4-5,14-17H2,1-3H3,(H,26,29)/t19-/m1/s1. The van der Waals surface area contributed by atoms with Crippen molar-refractivity contribution in [3.63, 3.8) is 0 Å². The summed E-state index contributed by atoms with van der Waals surface area (Å²) in [6.07, 6.45) is 1.95. The van der Waals surface area contributed by atoms with Crippen molar-refractivity contribution in [3.8, 4) is 0 Å². The molecule has 2 aromatic carbocycles. The molecular formula is C24H31ClN2O2S. The fourth-order valence-corrected chi connectivity index (χ4v) is 4.01. The highest BCUT2D eigenvalue weighted by atomic mass is 35.5. The fraction of sp³-hybridized carbons (Fsp3) is 0.417. The van der Waals surface area contributed by atoms with Crippen LogP contribution in [0.2, 0.25) is 5.02 Å². The van der Waals surface area contributed by atoms with Crippen molar-refractivity contribution >= 4 is 35.2 Å². The zero-order chi connectivity index (χ0) is 21.9. The van der Waals surface area contributed by atoms with E-state index >= 15 is 0 Å². The predicted octanol–water partition coefficient (Wildman–Crippen LogP) is 5.22. The second-order valence-corrected chi connectivity index (χ2v) is 8.81. The van der Waals surface area contributed by atoms with E-state index in [4.69, 9.17) is 11.6 Å². The van der Waals surface area contributed by atoms with Crippen LogP contribution in [0.5, 0.6) is 0 Å². The Hall–Kier alpha value is -1.98. The van der Waals surface area contributed by atoms with Gasteiger partial charge < -0.3 is 10.2 Å². The molecule has 4 nitrogen and oxygen atoms in total. The van der Waals surface area contributed by atoms with Crippen LogP contribution in [0, 0.1) is 6.92 Å². The van der Waals surface area contributed by atoms with Crippen molar-refractivity contribution in [1.29, 1.82) is 0 Å². The monoisotopic (exact) mass is 446 g/mol. The van der Waals surface area contributed by atoms with Gasteiger partial charge in [-0.1, -0.05) is 61.3 Å². The molecular weight excluding hydrogens is 416 g/mol. The van der Waals surface area contributed by atoms with Crippen LogP contribution in [0.1, 0.15) is 43.4 Å². The molecule has 0 unspecified atom stereocenters. The van der Waals surface area contributed by atoms with E-state index in [-0.39, 0.29) is 11.8 Å². The largest absolute Gasteiger partial charge is 0.354 e. The van der Waals surface area contributed by atoms with E-state index in [1.165, 1.54) is 0 Å². The first kappa shape index (κ1) is 24.3. The summed E-state index contributed by atoms with van der Waals surface area (Å²) in [5, 5.41) is 3.66. The third-order valence-electron chi connectivity index (χ3n) is 5.01. The molecule has 0 spiro atoms. The van der Waals surface area contributed by atoms with Crippen LogP contribution in [0.4, 0.5) is 0 Å². The van der Waals surface area contributed by atoms with Crippen molar-refractivity contribution in [3.05, 3.63) is 70.2 Å². The Kier molecular flexibility index (Phi) is 10.2. The highest BCUT2D eigenvalue weighted by Gasteiger charge is 2.26. The molecule has 162 valence electrons. The molecule has 6 heteroatoms. The van der Waals surface area contributed by atoms with E-state index in [1.807, 2.05) is 55.5 Å². The number of aryl methyl sites for hydroxylation is 1. The SMILES string of the molecule is CCCCNC(=O)[C@@H](C)N(Cc1ccccc1C)C(=O)CSCc1ccc(Cl)cc1. The number of nitrogens with zero attached hydrogens (tertiary/aromatic N) is 1. The Morgan fingerprint density at radius 2 is 1.83 bits per heavy atom. The van der Waals surface area contributed by atoms with Gasteiger partial charge >= 0.3 is 0 Å². The molecule has 2 amide bonds. The van der Waals surface area contributed by atoms with E-state index in [9.17, 15) is 9.59 Å². The molecule has 1 N–H and O–H groups in total. The van der Waals surface area contributed by atoms with Gasteiger partial charge in [-0.2, -0.15) is 0 Å². The Balaban J connectivity index is 2.04. The lowest BCUT2D eigenvalue weighted by Gasteiger charge is -2.29. The van der Waals surface area contributed by atoms with Gasteiger partial charge in [0.2, 0.25) is 11.8 Å². The Bertz CT molecular complexity index is 826. The van der Waals surface area contributed by atoms with Crippen LogP contribution < -0.4 is 5.32 Å². The Morgan fingerprint density at radius 3 is 2.50 bits per heavy atom. The maximum Gasteiger partial charge on any atom is 0.242 e. The summed E-state index contributed by atoms with van der Waals surface area (Å²) in [6.45, 7) is 6.98. The van der Waals surface area contributed by atoms with Gasteiger partial charge in [0.25, 0.3) is 0 Å². The zero-order valence-electron chi connectivity index (χ0n) is 18.0. The number of halogens is 1. The van der Waals surface area contributed by atoms with Crippen molar-refractivity contribution in [2.24, 2.45) is 0 Å². The maximum atomic E-state index is 13.1. The van der Waals surface area contributed by atoms with Crippen LogP contribution in [-0.2, 0) is 21.9 Å². The lowest BCUT2D eigenvalue weighted by Crippen LogP contribution is -2.48. The second kappa shape index (κ2) is 12.7. The van der Waals surface area contributed by atoms with E-state index in [0.29, 0.717) is 23.9 Å². The molecule has 0 aromatic heterocycles. The van der Waals surface area contributed by atoms with Crippen LogP contribution in [-0.4, -0.2) is 35.1 Å². The summed E-state index contributed by atoms with van der Waals surface area (Å²) in [5.41, 5.74) is 3.29. The van der Waals surface area contributed by atoms with Crippen LogP contribution in [0.3, 0.4) is 0 Å². The number of thioether (sulfide) groups is 1.